The van der Waals surface area contributed by atoms with Crippen molar-refractivity contribution < 1.29 is 17.6 Å². The fraction of sp³-hybridized carbons (Fsp3) is 0. The Labute approximate surface area is 241 Å². The lowest BCUT2D eigenvalue weighted by molar-refractivity contribution is 0.577. The van der Waals surface area contributed by atoms with Crippen LogP contribution >= 0.6 is 22.7 Å². The third kappa shape index (κ3) is 4.18. The lowest BCUT2D eigenvalue weighted by Crippen LogP contribution is -1.95. The molecule has 5 rings (SSSR count). The number of thiophene rings is 2. The molecule has 0 aliphatic carbocycles. The minimum Gasteiger partial charge on any atom is -0.205 e. The molecule has 6 nitrogen and oxygen atoms in total. The molecule has 0 fully saturated rings. The topological polar surface area (TPSA) is 143 Å². The van der Waals surface area contributed by atoms with Gasteiger partial charge in [0.15, 0.2) is 0 Å². The predicted molar refractivity (Wildman–Crippen MR) is 146 cm³/mol. The second-order valence-corrected chi connectivity index (χ2v) is 10.6. The highest BCUT2D eigenvalue weighted by Crippen LogP contribution is 2.47. The molecule has 2 aromatic heterocycles. The van der Waals surface area contributed by atoms with Crippen LogP contribution in [0.25, 0.3) is 53.6 Å². The van der Waals surface area contributed by atoms with Gasteiger partial charge >= 0.3 is 0 Å². The van der Waals surface area contributed by atoms with E-state index in [1.54, 1.807) is 24.3 Å². The van der Waals surface area contributed by atoms with Crippen LogP contribution < -0.4 is 9.06 Å². The van der Waals surface area contributed by atoms with E-state index in [2.05, 4.69) is 0 Å². The lowest BCUT2D eigenvalue weighted by atomic mass is 9.92. The molecule has 0 bridgehead atoms. The molecule has 0 atom stereocenters. The number of rotatable bonds is 2. The molecule has 2 heterocycles. The van der Waals surface area contributed by atoms with Crippen LogP contribution in [0.5, 0.6) is 0 Å². The van der Waals surface area contributed by atoms with E-state index >= 15 is 0 Å². The number of benzene rings is 3. The molecule has 0 aliphatic heterocycles. The van der Waals surface area contributed by atoms with E-state index in [0.717, 1.165) is 46.9 Å². The van der Waals surface area contributed by atoms with Crippen LogP contribution in [0, 0.1) is 91.3 Å². The molecule has 0 amide bonds. The SMILES string of the molecule is N#CC(C#N)=c1cc2c(-c3cc(F)c(C#N)c(F)c3)c3sc(=C(C#N)C#N)cc3c(-c3cc(F)c(C#N)c(F)c3)c2s1. The van der Waals surface area contributed by atoms with Gasteiger partial charge in [0.25, 0.3) is 0 Å². The highest BCUT2D eigenvalue weighted by molar-refractivity contribution is 7.20. The summed E-state index contributed by atoms with van der Waals surface area (Å²) in [6, 6.07) is 16.5. The first-order chi connectivity index (χ1) is 20.2. The molecule has 0 N–H and O–H groups in total. The number of fused-ring (bicyclic) bond motifs is 2. The van der Waals surface area contributed by atoms with Gasteiger partial charge in [-0.25, -0.2) is 17.6 Å². The average Bonchev–Trinajstić information content (AvgIpc) is 3.57. The molecule has 0 radical (unpaired) electrons. The van der Waals surface area contributed by atoms with E-state index in [1.807, 2.05) is 0 Å². The van der Waals surface area contributed by atoms with E-state index in [0.29, 0.717) is 0 Å². The normalized spacial score (nSPS) is 10.2. The zero-order valence-corrected chi connectivity index (χ0v) is 22.1. The van der Waals surface area contributed by atoms with E-state index in [4.69, 9.17) is 10.5 Å². The van der Waals surface area contributed by atoms with Crippen molar-refractivity contribution in [1.82, 2.24) is 0 Å². The van der Waals surface area contributed by atoms with Gasteiger partial charge < -0.3 is 0 Å². The van der Waals surface area contributed by atoms with Crippen molar-refractivity contribution in [1.29, 1.82) is 31.6 Å². The zero-order valence-electron chi connectivity index (χ0n) is 20.5. The highest BCUT2D eigenvalue weighted by Gasteiger charge is 2.24. The van der Waals surface area contributed by atoms with Gasteiger partial charge in [0.1, 0.15) is 82.0 Å². The molecule has 0 saturated heterocycles. The van der Waals surface area contributed by atoms with Crippen molar-refractivity contribution in [3.8, 4) is 58.7 Å². The van der Waals surface area contributed by atoms with E-state index < -0.39 is 34.4 Å². The summed E-state index contributed by atoms with van der Waals surface area (Å²) < 4.78 is 60.2. The maximum absolute atomic E-state index is 14.8. The molecule has 196 valence electrons. The van der Waals surface area contributed by atoms with Crippen LogP contribution in [0.1, 0.15) is 11.1 Å². The molecule has 0 aliphatic rings. The van der Waals surface area contributed by atoms with Crippen LogP contribution in [0.2, 0.25) is 0 Å². The van der Waals surface area contributed by atoms with Gasteiger partial charge in [0.05, 0.1) is 9.06 Å². The Balaban J connectivity index is 2.13. The second kappa shape index (κ2) is 10.5. The minimum absolute atomic E-state index is 0.0496. The van der Waals surface area contributed by atoms with Crippen molar-refractivity contribution in [3.63, 3.8) is 0 Å². The second-order valence-electron chi connectivity index (χ2n) is 8.51. The molecule has 0 spiro atoms. The number of hydrogen-bond acceptors (Lipinski definition) is 8. The molecular weight excluding hydrogens is 584 g/mol. The summed E-state index contributed by atoms with van der Waals surface area (Å²) in [5.74, 6) is -4.65. The number of halogens is 4. The van der Waals surface area contributed by atoms with Gasteiger partial charge in [0.2, 0.25) is 0 Å². The maximum atomic E-state index is 14.8. The van der Waals surface area contributed by atoms with Crippen LogP contribution in [0.3, 0.4) is 0 Å². The monoisotopic (exact) mass is 590 g/mol. The van der Waals surface area contributed by atoms with Gasteiger partial charge in [-0.2, -0.15) is 31.6 Å². The maximum Gasteiger partial charge on any atom is 0.146 e. The standard InChI is InChI=1S/C30H6F4N6S2/c31-21-1-13(2-22(32)19(21)11-39)27-17-5-25(15(7-35)8-36)42-30(17)28(14-3-23(33)20(12-40)24(34)4-14)18-6-26(41-29(18)27)16(9-37)10-38/h1-6H. The number of hydrogen-bond donors (Lipinski definition) is 0. The first-order valence-corrected chi connectivity index (χ1v) is 13.0. The summed E-state index contributed by atoms with van der Waals surface area (Å²) >= 11 is 1.81. The highest BCUT2D eigenvalue weighted by atomic mass is 32.1. The van der Waals surface area contributed by atoms with Gasteiger partial charge in [-0.3, -0.25) is 0 Å². The predicted octanol–water partition coefficient (Wildman–Crippen LogP) is 6.15. The summed E-state index contributed by atoms with van der Waals surface area (Å²) in [7, 11) is 0. The molecule has 42 heavy (non-hydrogen) atoms. The van der Waals surface area contributed by atoms with Gasteiger partial charge in [-0.1, -0.05) is 0 Å². The zero-order chi connectivity index (χ0) is 30.3. The van der Waals surface area contributed by atoms with Crippen molar-refractivity contribution >= 4 is 54.0 Å². The van der Waals surface area contributed by atoms with Gasteiger partial charge in [-0.15, -0.1) is 22.7 Å². The number of nitriles is 6. The van der Waals surface area contributed by atoms with Crippen molar-refractivity contribution in [2.45, 2.75) is 0 Å². The van der Waals surface area contributed by atoms with Crippen LogP contribution in [-0.2, 0) is 0 Å². The lowest BCUT2D eigenvalue weighted by Gasteiger charge is -2.13. The quantitative estimate of drug-likeness (QED) is 0.226. The molecule has 0 unspecified atom stereocenters. The van der Waals surface area contributed by atoms with Crippen LogP contribution in [0.15, 0.2) is 36.4 Å². The third-order valence-corrected chi connectivity index (χ3v) is 8.62. The molecule has 3 aromatic carbocycles. The Kier molecular flexibility index (Phi) is 6.89. The summed E-state index contributed by atoms with van der Waals surface area (Å²) in [4.78, 5) is 0. The molecular formula is C30H6F4N6S2. The Morgan fingerprint density at radius 1 is 0.500 bits per heavy atom. The summed E-state index contributed by atoms with van der Waals surface area (Å²) in [6.45, 7) is 0. The minimum atomic E-state index is -1.16. The summed E-state index contributed by atoms with van der Waals surface area (Å²) in [5, 5.41) is 56.8. The first-order valence-electron chi connectivity index (χ1n) is 11.4. The molecule has 12 heteroatoms. The Bertz CT molecular complexity index is 2120. The number of nitrogens with zero attached hydrogens (tertiary/aromatic N) is 6. The Morgan fingerprint density at radius 3 is 1.07 bits per heavy atom. The van der Waals surface area contributed by atoms with E-state index in [-0.39, 0.29) is 62.6 Å². The Morgan fingerprint density at radius 2 is 0.810 bits per heavy atom. The van der Waals surface area contributed by atoms with E-state index in [9.17, 15) is 38.6 Å². The van der Waals surface area contributed by atoms with Crippen LogP contribution in [-0.4, -0.2) is 0 Å². The van der Waals surface area contributed by atoms with Gasteiger partial charge in [0, 0.05) is 31.3 Å². The fourth-order valence-electron chi connectivity index (χ4n) is 4.51. The Hall–Kier alpha value is -6.02. The van der Waals surface area contributed by atoms with Crippen molar-refractivity contribution in [2.75, 3.05) is 0 Å². The third-order valence-electron chi connectivity index (χ3n) is 6.28. The fourth-order valence-corrected chi connectivity index (χ4v) is 6.89. The molecule has 5 aromatic rings. The van der Waals surface area contributed by atoms with Crippen LogP contribution in [0.4, 0.5) is 17.6 Å². The average molecular weight is 591 g/mol. The van der Waals surface area contributed by atoms with Gasteiger partial charge in [-0.05, 0) is 47.5 Å². The smallest absolute Gasteiger partial charge is 0.146 e. The van der Waals surface area contributed by atoms with Crippen molar-refractivity contribution in [3.05, 3.63) is 79.9 Å². The van der Waals surface area contributed by atoms with Crippen molar-refractivity contribution in [2.24, 2.45) is 0 Å². The van der Waals surface area contributed by atoms with E-state index in [1.165, 1.54) is 24.3 Å². The largest absolute Gasteiger partial charge is 0.205 e. The summed E-state index contributed by atoms with van der Waals surface area (Å²) in [5.41, 5.74) is -1.99. The first kappa shape index (κ1) is 27.5. The summed E-state index contributed by atoms with van der Waals surface area (Å²) in [6.07, 6.45) is 0. The molecule has 0 saturated carbocycles.